The number of aliphatic imine (C=N–C) groups is 1. The van der Waals surface area contributed by atoms with E-state index < -0.39 is 0 Å². The van der Waals surface area contributed by atoms with Crippen molar-refractivity contribution in [1.82, 2.24) is 4.98 Å². The molecule has 0 radical (unpaired) electrons. The van der Waals surface area contributed by atoms with Gasteiger partial charge in [0.05, 0.1) is 0 Å². The monoisotopic (exact) mass is 276 g/mol. The van der Waals surface area contributed by atoms with Crippen LogP contribution in [0.5, 0.6) is 0 Å². The normalized spacial score (nSPS) is 11.6. The summed E-state index contributed by atoms with van der Waals surface area (Å²) in [6.07, 6.45) is 5.08. The molecule has 1 aromatic heterocycles. The highest BCUT2D eigenvalue weighted by molar-refractivity contribution is 5.97. The number of nitrogens with one attached hydrogen (secondary N) is 1. The molecule has 2 heteroatoms. The topological polar surface area (TPSA) is 28.1 Å². The number of benzene rings is 2. The molecule has 0 aliphatic carbocycles. The third kappa shape index (κ3) is 2.49. The van der Waals surface area contributed by atoms with Crippen molar-refractivity contribution in [3.05, 3.63) is 59.3 Å². The van der Waals surface area contributed by atoms with Gasteiger partial charge >= 0.3 is 0 Å². The molecule has 0 fully saturated rings. The molecule has 0 saturated heterocycles. The van der Waals surface area contributed by atoms with Crippen LogP contribution in [0, 0.1) is 6.92 Å². The fraction of sp³-hybridized carbons (Fsp3) is 0.211. The van der Waals surface area contributed by atoms with Crippen molar-refractivity contribution < 1.29 is 0 Å². The summed E-state index contributed by atoms with van der Waals surface area (Å²) >= 11 is 0. The lowest BCUT2D eigenvalue weighted by Gasteiger charge is -2.05. The van der Waals surface area contributed by atoms with E-state index >= 15 is 0 Å². The van der Waals surface area contributed by atoms with E-state index in [1.165, 1.54) is 38.7 Å². The van der Waals surface area contributed by atoms with Crippen LogP contribution in [0.25, 0.3) is 22.0 Å². The highest BCUT2D eigenvalue weighted by Crippen LogP contribution is 2.30. The van der Waals surface area contributed by atoms with Crippen LogP contribution in [-0.2, 0) is 6.42 Å². The van der Waals surface area contributed by atoms with Gasteiger partial charge in [-0.05, 0) is 47.7 Å². The van der Waals surface area contributed by atoms with Crippen molar-refractivity contribution in [2.24, 2.45) is 4.99 Å². The molecule has 3 rings (SSSR count). The second-order valence-corrected chi connectivity index (χ2v) is 5.39. The predicted molar refractivity (Wildman–Crippen MR) is 91.4 cm³/mol. The minimum Gasteiger partial charge on any atom is -0.361 e. The van der Waals surface area contributed by atoms with Gasteiger partial charge in [0, 0.05) is 35.9 Å². The maximum Gasteiger partial charge on any atom is 0.0463 e. The molecule has 1 heterocycles. The van der Waals surface area contributed by atoms with Gasteiger partial charge in [-0.2, -0.15) is 0 Å². The minimum absolute atomic E-state index is 1.06. The molecule has 0 aliphatic heterocycles. The maximum absolute atomic E-state index is 4.14. The van der Waals surface area contributed by atoms with Crippen LogP contribution < -0.4 is 0 Å². The Labute approximate surface area is 125 Å². The quantitative estimate of drug-likeness (QED) is 0.668. The van der Waals surface area contributed by atoms with Gasteiger partial charge in [-0.1, -0.05) is 31.2 Å². The van der Waals surface area contributed by atoms with Crippen LogP contribution in [-0.4, -0.2) is 18.2 Å². The van der Waals surface area contributed by atoms with Crippen LogP contribution >= 0.6 is 0 Å². The Kier molecular flexibility index (Phi) is 3.61. The van der Waals surface area contributed by atoms with Gasteiger partial charge in [0.1, 0.15) is 0 Å². The molecule has 2 aromatic carbocycles. The first kappa shape index (κ1) is 13.6. The van der Waals surface area contributed by atoms with E-state index in [9.17, 15) is 0 Å². The van der Waals surface area contributed by atoms with Crippen LogP contribution in [0.1, 0.15) is 23.6 Å². The zero-order valence-electron chi connectivity index (χ0n) is 12.8. The van der Waals surface area contributed by atoms with E-state index in [2.05, 4.69) is 66.4 Å². The van der Waals surface area contributed by atoms with Crippen molar-refractivity contribution in [3.8, 4) is 11.1 Å². The largest absolute Gasteiger partial charge is 0.361 e. The van der Waals surface area contributed by atoms with Gasteiger partial charge in [0.25, 0.3) is 0 Å². The average molecular weight is 276 g/mol. The molecule has 2 nitrogen and oxygen atoms in total. The summed E-state index contributed by atoms with van der Waals surface area (Å²) in [5.41, 5.74) is 7.46. The Morgan fingerprint density at radius 2 is 2.00 bits per heavy atom. The fourth-order valence-electron chi connectivity index (χ4n) is 2.72. The first-order valence-electron chi connectivity index (χ1n) is 7.36. The number of rotatable bonds is 3. The molecule has 21 heavy (non-hydrogen) atoms. The average Bonchev–Trinajstić information content (AvgIpc) is 2.92. The van der Waals surface area contributed by atoms with Crippen molar-refractivity contribution in [2.75, 3.05) is 7.05 Å². The van der Waals surface area contributed by atoms with Gasteiger partial charge in [-0.25, -0.2) is 0 Å². The third-order valence-electron chi connectivity index (χ3n) is 4.01. The number of hydrogen-bond acceptors (Lipinski definition) is 1. The number of aromatic nitrogens is 1. The number of nitrogens with zero attached hydrogens (tertiary/aromatic N) is 1. The molecule has 0 unspecified atom stereocenters. The fourth-order valence-corrected chi connectivity index (χ4v) is 2.72. The van der Waals surface area contributed by atoms with Crippen molar-refractivity contribution in [3.63, 3.8) is 0 Å². The second kappa shape index (κ2) is 5.57. The summed E-state index contributed by atoms with van der Waals surface area (Å²) < 4.78 is 0. The van der Waals surface area contributed by atoms with Crippen molar-refractivity contribution in [2.45, 2.75) is 20.3 Å². The lowest BCUT2D eigenvalue weighted by Crippen LogP contribution is -1.88. The molecular formula is C19H20N2. The maximum atomic E-state index is 4.14. The van der Waals surface area contributed by atoms with Gasteiger partial charge in [-0.15, -0.1) is 0 Å². The van der Waals surface area contributed by atoms with Gasteiger partial charge in [-0.3, -0.25) is 4.99 Å². The van der Waals surface area contributed by atoms with Crippen molar-refractivity contribution in [1.29, 1.82) is 0 Å². The molecule has 0 bridgehead atoms. The molecule has 106 valence electrons. The number of aryl methyl sites for hydroxylation is 2. The number of H-pyrrole nitrogens is 1. The number of aromatic amines is 1. The van der Waals surface area contributed by atoms with E-state index in [0.717, 1.165) is 6.42 Å². The van der Waals surface area contributed by atoms with E-state index in [4.69, 9.17) is 0 Å². The van der Waals surface area contributed by atoms with Gasteiger partial charge < -0.3 is 4.98 Å². The lowest BCUT2D eigenvalue weighted by atomic mass is 9.99. The SMILES string of the molecule is CCc1ccc2c(-c3ccc(C)c(C=NC)c3)c[nH]c2c1. The molecule has 0 saturated carbocycles. The Balaban J connectivity index is 2.14. The molecule has 0 amide bonds. The van der Waals surface area contributed by atoms with Crippen molar-refractivity contribution >= 4 is 17.1 Å². The summed E-state index contributed by atoms with van der Waals surface area (Å²) in [5.74, 6) is 0. The molecule has 0 aliphatic rings. The molecule has 3 aromatic rings. The van der Waals surface area contributed by atoms with Gasteiger partial charge in [0.15, 0.2) is 0 Å². The van der Waals surface area contributed by atoms with Gasteiger partial charge in [0.2, 0.25) is 0 Å². The second-order valence-electron chi connectivity index (χ2n) is 5.39. The number of hydrogen-bond donors (Lipinski definition) is 1. The highest BCUT2D eigenvalue weighted by Gasteiger charge is 2.08. The Hall–Kier alpha value is -2.35. The zero-order valence-corrected chi connectivity index (χ0v) is 12.8. The molecule has 0 spiro atoms. The summed E-state index contributed by atoms with van der Waals surface area (Å²) in [6, 6.07) is 13.2. The first-order valence-corrected chi connectivity index (χ1v) is 7.36. The summed E-state index contributed by atoms with van der Waals surface area (Å²) in [5, 5.41) is 1.27. The lowest BCUT2D eigenvalue weighted by molar-refractivity contribution is 1.14. The standard InChI is InChI=1S/C19H20N2/c1-4-14-6-8-17-18(12-21-19(17)9-14)15-7-5-13(2)16(10-15)11-20-3/h5-12,21H,4H2,1-3H3. The van der Waals surface area contributed by atoms with E-state index in [-0.39, 0.29) is 0 Å². The van der Waals surface area contributed by atoms with E-state index in [0.29, 0.717) is 0 Å². The Morgan fingerprint density at radius 1 is 1.14 bits per heavy atom. The Morgan fingerprint density at radius 3 is 2.76 bits per heavy atom. The van der Waals surface area contributed by atoms with E-state index in [1.807, 2.05) is 13.3 Å². The molecule has 1 N–H and O–H groups in total. The molecule has 0 atom stereocenters. The third-order valence-corrected chi connectivity index (χ3v) is 4.01. The highest BCUT2D eigenvalue weighted by atomic mass is 14.7. The Bertz CT molecular complexity index is 810. The predicted octanol–water partition coefficient (Wildman–Crippen LogP) is 4.75. The first-order chi connectivity index (χ1) is 10.2. The zero-order chi connectivity index (χ0) is 14.8. The van der Waals surface area contributed by atoms with Crippen LogP contribution in [0.15, 0.2) is 47.6 Å². The number of fused-ring (bicyclic) bond motifs is 1. The van der Waals surface area contributed by atoms with E-state index in [1.54, 1.807) is 0 Å². The van der Waals surface area contributed by atoms with Crippen LogP contribution in [0.2, 0.25) is 0 Å². The summed E-state index contributed by atoms with van der Waals surface area (Å²) in [7, 11) is 1.81. The van der Waals surface area contributed by atoms with Crippen LogP contribution in [0.3, 0.4) is 0 Å². The summed E-state index contributed by atoms with van der Waals surface area (Å²) in [6.45, 7) is 4.30. The minimum atomic E-state index is 1.06. The van der Waals surface area contributed by atoms with Crippen LogP contribution in [0.4, 0.5) is 0 Å². The summed E-state index contributed by atoms with van der Waals surface area (Å²) in [4.78, 5) is 7.54. The smallest absolute Gasteiger partial charge is 0.0463 e. The molecular weight excluding hydrogens is 256 g/mol.